The molecule has 0 aromatic heterocycles. The molecule has 0 aliphatic rings. The molecule has 14 heavy (non-hydrogen) atoms. The highest BCUT2D eigenvalue weighted by molar-refractivity contribution is 5.85. The predicted octanol–water partition coefficient (Wildman–Crippen LogP) is -0.0841. The molecule has 1 unspecified atom stereocenters. The minimum Gasteiger partial charge on any atom is -0.480 e. The summed E-state index contributed by atoms with van der Waals surface area (Å²) in [5.41, 5.74) is 0. The number of carbonyl (C=O) groups excluding carboxylic acids is 1. The number of rotatable bonds is 5. The predicted molar refractivity (Wildman–Crippen MR) is 53.0 cm³/mol. The number of aliphatic carboxylic acids is 1. The first-order valence-electron chi connectivity index (χ1n) is 4.59. The topological polar surface area (TPSA) is 69.6 Å². The smallest absolute Gasteiger partial charge is 0.323 e. The molecule has 1 atom stereocenters. The van der Waals surface area contributed by atoms with Crippen molar-refractivity contribution in [3.8, 4) is 0 Å². The van der Waals surface area contributed by atoms with E-state index in [2.05, 4.69) is 5.32 Å². The van der Waals surface area contributed by atoms with E-state index < -0.39 is 5.97 Å². The van der Waals surface area contributed by atoms with Crippen LogP contribution >= 0.6 is 0 Å². The van der Waals surface area contributed by atoms with Crippen molar-refractivity contribution in [3.63, 3.8) is 0 Å². The summed E-state index contributed by atoms with van der Waals surface area (Å²) in [5.74, 6) is -1.18. The van der Waals surface area contributed by atoms with Crippen LogP contribution < -0.4 is 5.32 Å². The van der Waals surface area contributed by atoms with Crippen LogP contribution in [0.1, 0.15) is 20.8 Å². The van der Waals surface area contributed by atoms with Gasteiger partial charge in [-0.25, -0.2) is 0 Å². The monoisotopic (exact) mass is 202 g/mol. The molecule has 0 aliphatic carbocycles. The Balaban J connectivity index is 4.49. The fourth-order valence-corrected chi connectivity index (χ4v) is 1.03. The van der Waals surface area contributed by atoms with Crippen LogP contribution in [0.4, 0.5) is 0 Å². The van der Waals surface area contributed by atoms with E-state index >= 15 is 0 Å². The number of carboxylic acids is 1. The zero-order valence-corrected chi connectivity index (χ0v) is 9.07. The molecule has 5 heteroatoms. The summed E-state index contributed by atoms with van der Waals surface area (Å²) >= 11 is 0. The number of likely N-dealkylation sites (N-methyl/N-ethyl adjacent to an activating group) is 1. The summed E-state index contributed by atoms with van der Waals surface area (Å²) in [7, 11) is 1.67. The number of carboxylic acid groups (broad SMARTS) is 1. The van der Waals surface area contributed by atoms with Crippen LogP contribution in [-0.2, 0) is 9.59 Å². The van der Waals surface area contributed by atoms with Gasteiger partial charge in [-0.1, -0.05) is 0 Å². The third kappa shape index (κ3) is 3.74. The van der Waals surface area contributed by atoms with E-state index in [1.165, 1.54) is 4.90 Å². The van der Waals surface area contributed by atoms with Gasteiger partial charge in [-0.2, -0.15) is 0 Å². The Kier molecular flexibility index (Phi) is 5.15. The third-order valence-electron chi connectivity index (χ3n) is 2.02. The summed E-state index contributed by atoms with van der Waals surface area (Å²) < 4.78 is 0. The first kappa shape index (κ1) is 12.9. The molecular formula is C9H18N2O3. The molecule has 0 bridgehead atoms. The van der Waals surface area contributed by atoms with Gasteiger partial charge >= 0.3 is 5.97 Å². The lowest BCUT2D eigenvalue weighted by Gasteiger charge is -2.27. The van der Waals surface area contributed by atoms with Gasteiger partial charge in [-0.15, -0.1) is 0 Å². The van der Waals surface area contributed by atoms with Crippen LogP contribution in [0.25, 0.3) is 0 Å². The van der Waals surface area contributed by atoms with E-state index in [0.29, 0.717) is 0 Å². The number of amides is 1. The first-order valence-corrected chi connectivity index (χ1v) is 4.59. The molecule has 0 saturated carbocycles. The van der Waals surface area contributed by atoms with Gasteiger partial charge in [0.05, 0.1) is 6.04 Å². The fourth-order valence-electron chi connectivity index (χ4n) is 1.03. The lowest BCUT2D eigenvalue weighted by molar-refractivity contribution is -0.146. The van der Waals surface area contributed by atoms with Crippen molar-refractivity contribution in [2.45, 2.75) is 32.9 Å². The van der Waals surface area contributed by atoms with Crippen molar-refractivity contribution in [1.29, 1.82) is 0 Å². The van der Waals surface area contributed by atoms with Gasteiger partial charge in [0, 0.05) is 6.04 Å². The normalized spacial score (nSPS) is 12.6. The molecule has 0 aromatic carbocycles. The summed E-state index contributed by atoms with van der Waals surface area (Å²) in [4.78, 5) is 23.5. The van der Waals surface area contributed by atoms with Crippen LogP contribution in [-0.4, -0.2) is 47.6 Å². The zero-order chi connectivity index (χ0) is 11.3. The highest BCUT2D eigenvalue weighted by Gasteiger charge is 2.23. The van der Waals surface area contributed by atoms with E-state index in [1.807, 2.05) is 0 Å². The second-order valence-corrected chi connectivity index (χ2v) is 3.46. The number of carbonyl (C=O) groups is 2. The van der Waals surface area contributed by atoms with Crippen molar-refractivity contribution in [1.82, 2.24) is 10.2 Å². The number of nitrogens with one attached hydrogen (secondary N) is 1. The Labute approximate surface area is 84.1 Å². The van der Waals surface area contributed by atoms with Crippen molar-refractivity contribution in [3.05, 3.63) is 0 Å². The molecule has 0 radical (unpaired) electrons. The molecule has 0 heterocycles. The molecular weight excluding hydrogens is 184 g/mol. The van der Waals surface area contributed by atoms with Crippen molar-refractivity contribution >= 4 is 11.9 Å². The zero-order valence-electron chi connectivity index (χ0n) is 9.07. The van der Waals surface area contributed by atoms with Crippen LogP contribution in [0.5, 0.6) is 0 Å². The molecule has 5 nitrogen and oxygen atoms in total. The van der Waals surface area contributed by atoms with Crippen LogP contribution in [0.3, 0.4) is 0 Å². The summed E-state index contributed by atoms with van der Waals surface area (Å²) in [5, 5.41) is 11.4. The Bertz CT molecular complexity index is 216. The minimum atomic E-state index is -0.990. The summed E-state index contributed by atoms with van der Waals surface area (Å²) in [6.07, 6.45) is 0. The van der Waals surface area contributed by atoms with Crippen LogP contribution in [0.15, 0.2) is 0 Å². The molecule has 0 saturated heterocycles. The quantitative estimate of drug-likeness (QED) is 0.654. The van der Waals surface area contributed by atoms with E-state index in [-0.39, 0.29) is 24.5 Å². The Hall–Kier alpha value is -1.10. The van der Waals surface area contributed by atoms with Crippen molar-refractivity contribution in [2.24, 2.45) is 0 Å². The van der Waals surface area contributed by atoms with E-state index in [4.69, 9.17) is 5.11 Å². The molecule has 0 aromatic rings. The first-order chi connectivity index (χ1) is 6.40. The van der Waals surface area contributed by atoms with Gasteiger partial charge in [0.2, 0.25) is 5.91 Å². The highest BCUT2D eigenvalue weighted by Crippen LogP contribution is 2.01. The largest absolute Gasteiger partial charge is 0.480 e. The molecule has 0 rings (SSSR count). The molecule has 1 amide bonds. The molecule has 0 fully saturated rings. The third-order valence-corrected chi connectivity index (χ3v) is 2.02. The van der Waals surface area contributed by atoms with Crippen molar-refractivity contribution < 1.29 is 14.7 Å². The second kappa shape index (κ2) is 5.59. The van der Waals surface area contributed by atoms with Gasteiger partial charge in [-0.3, -0.25) is 9.59 Å². The Morgan fingerprint density at radius 3 is 2.14 bits per heavy atom. The van der Waals surface area contributed by atoms with Gasteiger partial charge in [0.15, 0.2) is 0 Å². The summed E-state index contributed by atoms with van der Waals surface area (Å²) in [6.45, 7) is 5.05. The summed E-state index contributed by atoms with van der Waals surface area (Å²) in [6, 6.07) is -0.453. The number of nitrogens with zero attached hydrogens (tertiary/aromatic N) is 1. The lowest BCUT2D eigenvalue weighted by atomic mass is 10.2. The van der Waals surface area contributed by atoms with E-state index in [9.17, 15) is 9.59 Å². The average Bonchev–Trinajstić information content (AvgIpc) is 2.11. The lowest BCUT2D eigenvalue weighted by Crippen LogP contribution is -2.48. The Morgan fingerprint density at radius 1 is 1.36 bits per heavy atom. The van der Waals surface area contributed by atoms with E-state index in [0.717, 1.165) is 0 Å². The maximum atomic E-state index is 11.7. The Morgan fingerprint density at radius 2 is 1.86 bits per heavy atom. The van der Waals surface area contributed by atoms with E-state index in [1.54, 1.807) is 27.8 Å². The highest BCUT2D eigenvalue weighted by atomic mass is 16.4. The number of hydrogen-bond acceptors (Lipinski definition) is 3. The maximum Gasteiger partial charge on any atom is 0.323 e. The average molecular weight is 202 g/mol. The van der Waals surface area contributed by atoms with Crippen LogP contribution in [0, 0.1) is 0 Å². The fraction of sp³-hybridized carbons (Fsp3) is 0.778. The molecule has 0 aliphatic heterocycles. The molecule has 2 N–H and O–H groups in total. The van der Waals surface area contributed by atoms with Crippen molar-refractivity contribution in [2.75, 3.05) is 13.6 Å². The van der Waals surface area contributed by atoms with Gasteiger partial charge in [0.25, 0.3) is 0 Å². The molecule has 0 spiro atoms. The second-order valence-electron chi connectivity index (χ2n) is 3.46. The van der Waals surface area contributed by atoms with Gasteiger partial charge in [-0.05, 0) is 27.8 Å². The maximum absolute atomic E-state index is 11.7. The SMILES string of the molecule is CNC(C)C(=O)N(CC(=O)O)C(C)C. The van der Waals surface area contributed by atoms with Gasteiger partial charge < -0.3 is 15.3 Å². The molecule has 82 valence electrons. The van der Waals surface area contributed by atoms with Crippen LogP contribution in [0.2, 0.25) is 0 Å². The standard InChI is InChI=1S/C9H18N2O3/c1-6(2)11(5-8(12)13)9(14)7(3)10-4/h6-7,10H,5H2,1-4H3,(H,12,13). The number of hydrogen-bond donors (Lipinski definition) is 2. The minimum absolute atomic E-state index is 0.102. The van der Waals surface area contributed by atoms with Gasteiger partial charge in [0.1, 0.15) is 6.54 Å².